The van der Waals surface area contributed by atoms with Crippen molar-refractivity contribution in [1.82, 2.24) is 9.97 Å². The maximum atomic E-state index is 6.29. The van der Waals surface area contributed by atoms with Gasteiger partial charge in [0.1, 0.15) is 5.15 Å². The Hall–Kier alpha value is -2.30. The number of rotatable bonds is 4. The zero-order valence-corrected chi connectivity index (χ0v) is 14.6. The average molecular weight is 361 g/mol. The number of methoxy groups -OCH3 is 2. The summed E-state index contributed by atoms with van der Waals surface area (Å²) in [5, 5.41) is 1.76. The lowest BCUT2D eigenvalue weighted by Crippen LogP contribution is -1.95. The molecule has 2 aromatic carbocycles. The summed E-state index contributed by atoms with van der Waals surface area (Å²) >= 11 is 12.2. The van der Waals surface area contributed by atoms with Crippen LogP contribution in [0.25, 0.3) is 23.1 Å². The third-order valence-electron chi connectivity index (χ3n) is 3.47. The van der Waals surface area contributed by atoms with E-state index < -0.39 is 0 Å². The minimum absolute atomic E-state index is 0.358. The van der Waals surface area contributed by atoms with Crippen molar-refractivity contribution in [2.75, 3.05) is 14.2 Å². The van der Waals surface area contributed by atoms with Crippen molar-refractivity contribution in [2.45, 2.75) is 0 Å². The van der Waals surface area contributed by atoms with E-state index in [0.717, 1.165) is 5.56 Å². The van der Waals surface area contributed by atoms with E-state index in [1.165, 1.54) is 0 Å². The molecule has 0 aliphatic heterocycles. The zero-order chi connectivity index (χ0) is 17.1. The van der Waals surface area contributed by atoms with E-state index >= 15 is 0 Å². The van der Waals surface area contributed by atoms with Crippen molar-refractivity contribution in [1.29, 1.82) is 0 Å². The van der Waals surface area contributed by atoms with Crippen LogP contribution in [0.1, 0.15) is 11.4 Å². The van der Waals surface area contributed by atoms with Gasteiger partial charge in [-0.2, -0.15) is 0 Å². The molecule has 0 atom stereocenters. The minimum atomic E-state index is 0.358. The number of halogens is 2. The molecule has 0 bridgehead atoms. The van der Waals surface area contributed by atoms with Crippen LogP contribution in [0.4, 0.5) is 0 Å². The molecule has 0 unspecified atom stereocenters. The van der Waals surface area contributed by atoms with Gasteiger partial charge in [-0.15, -0.1) is 0 Å². The number of ether oxygens (including phenoxy) is 2. The number of nitrogens with zero attached hydrogens (tertiary/aromatic N) is 2. The standard InChI is InChI=1S/C18H14Cl2N2O2/c1-23-15-9-13-14(10-16(15)24-2)21-17(22-18(13)20)8-5-11-3-6-12(19)7-4-11/h3-10H,1-2H3/b8-5+. The first kappa shape index (κ1) is 16.6. The van der Waals surface area contributed by atoms with E-state index in [0.29, 0.717) is 38.4 Å². The molecule has 0 saturated carbocycles. The maximum absolute atomic E-state index is 6.29. The summed E-state index contributed by atoms with van der Waals surface area (Å²) in [4.78, 5) is 8.82. The molecule has 1 heterocycles. The summed E-state index contributed by atoms with van der Waals surface area (Å²) < 4.78 is 10.6. The van der Waals surface area contributed by atoms with Crippen molar-refractivity contribution in [3.05, 3.63) is 58.0 Å². The Morgan fingerprint density at radius 3 is 2.21 bits per heavy atom. The summed E-state index contributed by atoms with van der Waals surface area (Å²) in [5.74, 6) is 1.68. The number of aromatic nitrogens is 2. The van der Waals surface area contributed by atoms with Crippen LogP contribution >= 0.6 is 23.2 Å². The minimum Gasteiger partial charge on any atom is -0.493 e. The monoisotopic (exact) mass is 360 g/mol. The van der Waals surface area contributed by atoms with Crippen LogP contribution in [0.3, 0.4) is 0 Å². The van der Waals surface area contributed by atoms with Crippen LogP contribution in [0.5, 0.6) is 11.5 Å². The molecule has 0 amide bonds. The van der Waals surface area contributed by atoms with Gasteiger partial charge in [0.2, 0.25) is 0 Å². The Balaban J connectivity index is 2.01. The Labute approximate surface area is 149 Å². The highest BCUT2D eigenvalue weighted by Crippen LogP contribution is 2.33. The highest BCUT2D eigenvalue weighted by atomic mass is 35.5. The number of fused-ring (bicyclic) bond motifs is 1. The fraction of sp³-hybridized carbons (Fsp3) is 0.111. The summed E-state index contributed by atoms with van der Waals surface area (Å²) in [5.41, 5.74) is 1.68. The second-order valence-electron chi connectivity index (χ2n) is 4.98. The summed E-state index contributed by atoms with van der Waals surface area (Å²) in [6.45, 7) is 0. The van der Waals surface area contributed by atoms with Crippen LogP contribution in [0.15, 0.2) is 36.4 Å². The van der Waals surface area contributed by atoms with E-state index in [1.807, 2.05) is 30.3 Å². The molecule has 0 aliphatic carbocycles. The first-order valence-electron chi connectivity index (χ1n) is 7.13. The third-order valence-corrected chi connectivity index (χ3v) is 4.01. The van der Waals surface area contributed by atoms with Gasteiger partial charge in [-0.25, -0.2) is 9.97 Å². The third kappa shape index (κ3) is 3.45. The Kier molecular flexibility index (Phi) is 4.88. The van der Waals surface area contributed by atoms with Gasteiger partial charge < -0.3 is 9.47 Å². The normalized spacial score (nSPS) is 11.2. The second kappa shape index (κ2) is 7.07. The topological polar surface area (TPSA) is 44.2 Å². The molecule has 122 valence electrons. The number of hydrogen-bond donors (Lipinski definition) is 0. The lowest BCUT2D eigenvalue weighted by atomic mass is 10.2. The van der Waals surface area contributed by atoms with Gasteiger partial charge in [0.05, 0.1) is 19.7 Å². The lowest BCUT2D eigenvalue weighted by molar-refractivity contribution is 0.356. The first-order valence-corrected chi connectivity index (χ1v) is 7.89. The second-order valence-corrected chi connectivity index (χ2v) is 5.78. The van der Waals surface area contributed by atoms with Gasteiger partial charge in [0.15, 0.2) is 17.3 Å². The van der Waals surface area contributed by atoms with Crippen molar-refractivity contribution in [3.8, 4) is 11.5 Å². The van der Waals surface area contributed by atoms with Crippen LogP contribution in [0, 0.1) is 0 Å². The molecule has 3 rings (SSSR count). The highest BCUT2D eigenvalue weighted by molar-refractivity contribution is 6.34. The molecule has 4 nitrogen and oxygen atoms in total. The molecule has 6 heteroatoms. The number of hydrogen-bond acceptors (Lipinski definition) is 4. The Morgan fingerprint density at radius 2 is 1.54 bits per heavy atom. The molecule has 0 spiro atoms. The van der Waals surface area contributed by atoms with Crippen molar-refractivity contribution >= 4 is 46.3 Å². The van der Waals surface area contributed by atoms with E-state index in [4.69, 9.17) is 32.7 Å². The average Bonchev–Trinajstić information content (AvgIpc) is 2.60. The van der Waals surface area contributed by atoms with E-state index in [-0.39, 0.29) is 0 Å². The molecule has 24 heavy (non-hydrogen) atoms. The van der Waals surface area contributed by atoms with Gasteiger partial charge in [-0.1, -0.05) is 41.4 Å². The Morgan fingerprint density at radius 1 is 0.875 bits per heavy atom. The van der Waals surface area contributed by atoms with Gasteiger partial charge >= 0.3 is 0 Å². The molecule has 0 aliphatic rings. The van der Waals surface area contributed by atoms with Crippen LogP contribution in [-0.2, 0) is 0 Å². The van der Waals surface area contributed by atoms with E-state index in [9.17, 15) is 0 Å². The molecule has 0 radical (unpaired) electrons. The summed E-state index contributed by atoms with van der Waals surface area (Å²) in [6, 6.07) is 11.0. The van der Waals surface area contributed by atoms with Gasteiger partial charge in [0.25, 0.3) is 0 Å². The predicted octanol–water partition coefficient (Wildman–Crippen LogP) is 5.12. The first-order chi connectivity index (χ1) is 11.6. The Bertz CT molecular complexity index is 909. The van der Waals surface area contributed by atoms with Crippen molar-refractivity contribution < 1.29 is 9.47 Å². The molecule has 0 fully saturated rings. The van der Waals surface area contributed by atoms with Crippen LogP contribution in [-0.4, -0.2) is 24.2 Å². The molecule has 1 aromatic heterocycles. The summed E-state index contributed by atoms with van der Waals surface area (Å²) in [6.07, 6.45) is 3.69. The molecular weight excluding hydrogens is 347 g/mol. The number of benzene rings is 2. The predicted molar refractivity (Wildman–Crippen MR) is 98.0 cm³/mol. The van der Waals surface area contributed by atoms with E-state index in [1.54, 1.807) is 32.4 Å². The lowest BCUT2D eigenvalue weighted by Gasteiger charge is -2.09. The van der Waals surface area contributed by atoms with Gasteiger partial charge in [0, 0.05) is 16.5 Å². The van der Waals surface area contributed by atoms with Gasteiger partial charge in [-0.3, -0.25) is 0 Å². The molecular formula is C18H14Cl2N2O2. The highest BCUT2D eigenvalue weighted by Gasteiger charge is 2.11. The quantitative estimate of drug-likeness (QED) is 0.605. The van der Waals surface area contributed by atoms with Crippen molar-refractivity contribution in [2.24, 2.45) is 0 Å². The summed E-state index contributed by atoms with van der Waals surface area (Å²) in [7, 11) is 3.15. The molecule has 0 saturated heterocycles. The van der Waals surface area contributed by atoms with Crippen LogP contribution in [0.2, 0.25) is 10.2 Å². The maximum Gasteiger partial charge on any atom is 0.162 e. The zero-order valence-electron chi connectivity index (χ0n) is 13.1. The fourth-order valence-electron chi connectivity index (χ4n) is 2.25. The van der Waals surface area contributed by atoms with Crippen LogP contribution < -0.4 is 9.47 Å². The fourth-order valence-corrected chi connectivity index (χ4v) is 2.62. The van der Waals surface area contributed by atoms with Gasteiger partial charge in [-0.05, 0) is 29.8 Å². The SMILES string of the molecule is COc1cc2nc(/C=C/c3ccc(Cl)cc3)nc(Cl)c2cc1OC. The smallest absolute Gasteiger partial charge is 0.162 e. The van der Waals surface area contributed by atoms with E-state index in [2.05, 4.69) is 9.97 Å². The molecule has 3 aromatic rings. The van der Waals surface area contributed by atoms with Crippen molar-refractivity contribution in [3.63, 3.8) is 0 Å². The molecule has 0 N–H and O–H groups in total. The largest absolute Gasteiger partial charge is 0.493 e.